The van der Waals surface area contributed by atoms with Gasteiger partial charge in [-0.05, 0) is 52.7 Å². The summed E-state index contributed by atoms with van der Waals surface area (Å²) in [5.41, 5.74) is 3.89. The molecule has 1 heterocycles. The first-order valence-corrected chi connectivity index (χ1v) is 8.12. The van der Waals surface area contributed by atoms with Gasteiger partial charge in [0.05, 0.1) is 10.5 Å². The molecule has 0 radical (unpaired) electrons. The maximum atomic E-state index is 6.05. The van der Waals surface area contributed by atoms with Gasteiger partial charge in [-0.15, -0.1) is 0 Å². The standard InChI is InChI=1S/C16H21BrN2O/c1-10-4-2-5-11(8-10)15(19-18)14-9-12-6-3-7-13(17)16(12)20-14/h3,6-7,9-11,15,19H,2,4-5,8,18H2,1H3. The molecule has 1 saturated carbocycles. The summed E-state index contributed by atoms with van der Waals surface area (Å²) in [7, 11) is 0. The molecule has 3 rings (SSSR count). The van der Waals surface area contributed by atoms with E-state index < -0.39 is 0 Å². The van der Waals surface area contributed by atoms with Crippen molar-refractivity contribution in [2.75, 3.05) is 0 Å². The number of para-hydroxylation sites is 1. The average molecular weight is 337 g/mol. The van der Waals surface area contributed by atoms with Crippen LogP contribution in [0.3, 0.4) is 0 Å². The second-order valence-corrected chi connectivity index (χ2v) is 6.84. The number of nitrogens with two attached hydrogens (primary N) is 1. The van der Waals surface area contributed by atoms with E-state index in [1.54, 1.807) is 0 Å². The van der Waals surface area contributed by atoms with Crippen molar-refractivity contribution in [1.82, 2.24) is 5.43 Å². The van der Waals surface area contributed by atoms with E-state index in [0.29, 0.717) is 5.92 Å². The molecule has 0 bridgehead atoms. The molecule has 20 heavy (non-hydrogen) atoms. The number of benzene rings is 1. The number of fused-ring (bicyclic) bond motifs is 1. The number of hydrogen-bond donors (Lipinski definition) is 2. The molecule has 1 aliphatic carbocycles. The fraction of sp³-hybridized carbons (Fsp3) is 0.500. The predicted molar refractivity (Wildman–Crippen MR) is 85.1 cm³/mol. The lowest BCUT2D eigenvalue weighted by molar-refractivity contribution is 0.208. The Morgan fingerprint density at radius 1 is 1.40 bits per heavy atom. The summed E-state index contributed by atoms with van der Waals surface area (Å²) in [5.74, 6) is 8.11. The van der Waals surface area contributed by atoms with Gasteiger partial charge in [0.2, 0.25) is 0 Å². The number of hydrogen-bond acceptors (Lipinski definition) is 3. The van der Waals surface area contributed by atoms with Crippen molar-refractivity contribution in [2.45, 2.75) is 38.6 Å². The van der Waals surface area contributed by atoms with Crippen LogP contribution < -0.4 is 11.3 Å². The number of rotatable bonds is 3. The van der Waals surface area contributed by atoms with Gasteiger partial charge in [0.25, 0.3) is 0 Å². The third kappa shape index (κ3) is 2.65. The highest BCUT2D eigenvalue weighted by Crippen LogP contribution is 2.39. The van der Waals surface area contributed by atoms with Crippen LogP contribution in [0.4, 0.5) is 0 Å². The summed E-state index contributed by atoms with van der Waals surface area (Å²) in [5, 5.41) is 1.12. The van der Waals surface area contributed by atoms with Gasteiger partial charge >= 0.3 is 0 Å². The molecule has 1 aromatic heterocycles. The Labute approximate surface area is 128 Å². The SMILES string of the molecule is CC1CCCC(C(NN)c2cc3cccc(Br)c3o2)C1. The van der Waals surface area contributed by atoms with E-state index in [1.165, 1.54) is 25.7 Å². The Hall–Kier alpha value is -0.840. The van der Waals surface area contributed by atoms with Crippen LogP contribution in [0.5, 0.6) is 0 Å². The van der Waals surface area contributed by atoms with Crippen LogP contribution in [0.2, 0.25) is 0 Å². The highest BCUT2D eigenvalue weighted by molar-refractivity contribution is 9.10. The normalized spacial score (nSPS) is 24.9. The van der Waals surface area contributed by atoms with Crippen molar-refractivity contribution in [3.8, 4) is 0 Å². The van der Waals surface area contributed by atoms with Crippen LogP contribution in [0.15, 0.2) is 33.2 Å². The first-order valence-electron chi connectivity index (χ1n) is 7.33. The van der Waals surface area contributed by atoms with E-state index in [2.05, 4.69) is 40.4 Å². The van der Waals surface area contributed by atoms with Crippen LogP contribution in [0, 0.1) is 11.8 Å². The molecule has 2 aromatic rings. The van der Waals surface area contributed by atoms with Crippen LogP contribution in [0.25, 0.3) is 11.0 Å². The molecular formula is C16H21BrN2O. The highest BCUT2D eigenvalue weighted by atomic mass is 79.9. The van der Waals surface area contributed by atoms with Gasteiger partial charge in [0.1, 0.15) is 11.3 Å². The minimum atomic E-state index is 0.108. The number of halogens is 1. The first-order chi connectivity index (χ1) is 9.69. The van der Waals surface area contributed by atoms with E-state index in [0.717, 1.165) is 27.1 Å². The minimum Gasteiger partial charge on any atom is -0.458 e. The minimum absolute atomic E-state index is 0.108. The Bertz CT molecular complexity index is 595. The van der Waals surface area contributed by atoms with Gasteiger partial charge in [-0.1, -0.05) is 31.9 Å². The molecule has 4 heteroatoms. The average Bonchev–Trinajstić information content (AvgIpc) is 2.85. The van der Waals surface area contributed by atoms with Gasteiger partial charge < -0.3 is 4.42 Å². The van der Waals surface area contributed by atoms with Crippen molar-refractivity contribution in [1.29, 1.82) is 0 Å². The zero-order valence-corrected chi connectivity index (χ0v) is 13.3. The quantitative estimate of drug-likeness (QED) is 0.639. The largest absolute Gasteiger partial charge is 0.458 e. The maximum Gasteiger partial charge on any atom is 0.148 e. The predicted octanol–water partition coefficient (Wildman–Crippen LogP) is 4.53. The fourth-order valence-corrected chi connectivity index (χ4v) is 3.90. The lowest BCUT2D eigenvalue weighted by atomic mass is 9.78. The van der Waals surface area contributed by atoms with Gasteiger partial charge in [-0.3, -0.25) is 5.84 Å². The second kappa shape index (κ2) is 5.88. The zero-order valence-electron chi connectivity index (χ0n) is 11.7. The molecular weight excluding hydrogens is 316 g/mol. The summed E-state index contributed by atoms with van der Waals surface area (Å²) >= 11 is 3.54. The topological polar surface area (TPSA) is 51.2 Å². The molecule has 3 unspecified atom stereocenters. The van der Waals surface area contributed by atoms with Crippen molar-refractivity contribution >= 4 is 26.9 Å². The Morgan fingerprint density at radius 2 is 2.25 bits per heavy atom. The van der Waals surface area contributed by atoms with Crippen LogP contribution >= 0.6 is 15.9 Å². The van der Waals surface area contributed by atoms with Gasteiger partial charge in [-0.2, -0.15) is 0 Å². The maximum absolute atomic E-state index is 6.05. The van der Waals surface area contributed by atoms with Gasteiger partial charge in [-0.25, -0.2) is 5.43 Å². The van der Waals surface area contributed by atoms with Crippen LogP contribution in [-0.2, 0) is 0 Å². The van der Waals surface area contributed by atoms with E-state index >= 15 is 0 Å². The summed E-state index contributed by atoms with van der Waals surface area (Å²) in [6, 6.07) is 8.33. The molecule has 1 aliphatic rings. The lowest BCUT2D eigenvalue weighted by Gasteiger charge is -2.31. The summed E-state index contributed by atoms with van der Waals surface area (Å²) in [4.78, 5) is 0. The Balaban J connectivity index is 1.92. The fourth-order valence-electron chi connectivity index (χ4n) is 3.44. The third-order valence-electron chi connectivity index (χ3n) is 4.45. The first kappa shape index (κ1) is 14.1. The molecule has 3 atom stereocenters. The van der Waals surface area contributed by atoms with E-state index in [4.69, 9.17) is 10.3 Å². The van der Waals surface area contributed by atoms with E-state index in [1.807, 2.05) is 12.1 Å². The lowest BCUT2D eigenvalue weighted by Crippen LogP contribution is -2.35. The van der Waals surface area contributed by atoms with Gasteiger partial charge in [0, 0.05) is 5.39 Å². The summed E-state index contributed by atoms with van der Waals surface area (Å²) < 4.78 is 7.05. The Kier molecular flexibility index (Phi) is 4.15. The molecule has 108 valence electrons. The van der Waals surface area contributed by atoms with Crippen molar-refractivity contribution in [2.24, 2.45) is 17.7 Å². The third-order valence-corrected chi connectivity index (χ3v) is 5.07. The van der Waals surface area contributed by atoms with E-state index in [-0.39, 0.29) is 6.04 Å². The van der Waals surface area contributed by atoms with E-state index in [9.17, 15) is 0 Å². The molecule has 3 nitrogen and oxygen atoms in total. The monoisotopic (exact) mass is 336 g/mol. The summed E-state index contributed by atoms with van der Waals surface area (Å²) in [6.45, 7) is 2.33. The molecule has 0 saturated heterocycles. The molecule has 0 spiro atoms. The molecule has 0 aliphatic heterocycles. The van der Waals surface area contributed by atoms with Crippen LogP contribution in [-0.4, -0.2) is 0 Å². The Morgan fingerprint density at radius 3 is 2.95 bits per heavy atom. The summed E-state index contributed by atoms with van der Waals surface area (Å²) in [6.07, 6.45) is 5.05. The molecule has 0 amide bonds. The number of hydrazine groups is 1. The smallest absolute Gasteiger partial charge is 0.148 e. The van der Waals surface area contributed by atoms with Crippen molar-refractivity contribution < 1.29 is 4.42 Å². The number of furan rings is 1. The molecule has 1 fully saturated rings. The van der Waals surface area contributed by atoms with Crippen molar-refractivity contribution in [3.05, 3.63) is 34.5 Å². The molecule has 1 aromatic carbocycles. The zero-order chi connectivity index (χ0) is 14.1. The van der Waals surface area contributed by atoms with Crippen molar-refractivity contribution in [3.63, 3.8) is 0 Å². The second-order valence-electron chi connectivity index (χ2n) is 5.98. The molecule has 3 N–H and O–H groups in total. The van der Waals surface area contributed by atoms with Crippen LogP contribution in [0.1, 0.15) is 44.4 Å². The number of nitrogens with one attached hydrogen (secondary N) is 1. The highest BCUT2D eigenvalue weighted by Gasteiger charge is 2.29. The van der Waals surface area contributed by atoms with Gasteiger partial charge in [0.15, 0.2) is 0 Å².